The van der Waals surface area contributed by atoms with E-state index in [1.807, 2.05) is 34.6 Å². The molecule has 8 heteroatoms. The first-order chi connectivity index (χ1) is 15.2. The van der Waals surface area contributed by atoms with Crippen molar-refractivity contribution in [1.29, 1.82) is 0 Å². The van der Waals surface area contributed by atoms with Gasteiger partial charge in [0, 0.05) is 31.3 Å². The van der Waals surface area contributed by atoms with Gasteiger partial charge in [0.25, 0.3) is 0 Å². The summed E-state index contributed by atoms with van der Waals surface area (Å²) < 4.78 is 27.5. The van der Waals surface area contributed by atoms with Gasteiger partial charge >= 0.3 is 12.2 Å². The topological polar surface area (TPSA) is 73.7 Å². The Bertz CT molecular complexity index is 1040. The van der Waals surface area contributed by atoms with E-state index in [0.29, 0.717) is 42.7 Å². The molecule has 2 aromatic rings. The lowest BCUT2D eigenvalue weighted by Crippen LogP contribution is -2.41. The van der Waals surface area contributed by atoms with Crippen LogP contribution in [0.2, 0.25) is 0 Å². The third kappa shape index (κ3) is 5.84. The molecule has 0 bridgehead atoms. The van der Waals surface area contributed by atoms with Gasteiger partial charge in [0.1, 0.15) is 17.0 Å². The van der Waals surface area contributed by atoms with Crippen molar-refractivity contribution in [2.24, 2.45) is 0 Å². The molecule has 182 valence electrons. The van der Waals surface area contributed by atoms with Crippen LogP contribution in [0.25, 0.3) is 11.0 Å². The fourth-order valence-corrected chi connectivity index (χ4v) is 3.99. The number of aromatic nitrogens is 2. The summed E-state index contributed by atoms with van der Waals surface area (Å²) in [5, 5.41) is 0. The molecule has 0 aromatic carbocycles. The molecule has 0 atom stereocenters. The molecule has 0 N–H and O–H groups in total. The molecule has 2 aromatic heterocycles. The van der Waals surface area contributed by atoms with E-state index < -0.39 is 23.1 Å². The minimum atomic E-state index is -0.667. The first-order valence-corrected chi connectivity index (χ1v) is 11.6. The molecule has 0 saturated carbocycles. The third-order valence-electron chi connectivity index (χ3n) is 5.53. The van der Waals surface area contributed by atoms with Crippen molar-refractivity contribution >= 4 is 23.2 Å². The zero-order valence-corrected chi connectivity index (χ0v) is 21.0. The second-order valence-electron chi connectivity index (χ2n) is 11.1. The highest BCUT2D eigenvalue weighted by Crippen LogP contribution is 2.34. The van der Waals surface area contributed by atoms with Crippen LogP contribution in [0.4, 0.5) is 14.0 Å². The van der Waals surface area contributed by atoms with Gasteiger partial charge in [0.05, 0.1) is 16.7 Å². The molecule has 1 aliphatic heterocycles. The monoisotopic (exact) mass is 461 g/mol. The summed E-state index contributed by atoms with van der Waals surface area (Å²) in [5.41, 5.74) is 1.04. The van der Waals surface area contributed by atoms with Crippen molar-refractivity contribution in [2.45, 2.75) is 91.3 Å². The standard InChI is InChI=1S/C25H36FN3O4/c1-15(2)17-14-29(23(31)33-25(6,7)8)19-13-18(26)20(27-21(17)19)16-9-11-28(12-10-16)22(30)32-24(3,4)5/h13-16H,9-12H2,1-8H3. The van der Waals surface area contributed by atoms with E-state index in [9.17, 15) is 9.59 Å². The molecule has 7 nitrogen and oxygen atoms in total. The second kappa shape index (κ2) is 8.95. The largest absolute Gasteiger partial charge is 0.444 e. The number of hydrogen-bond acceptors (Lipinski definition) is 5. The van der Waals surface area contributed by atoms with Crippen molar-refractivity contribution in [1.82, 2.24) is 14.5 Å². The number of halogens is 1. The fourth-order valence-electron chi connectivity index (χ4n) is 3.99. The zero-order valence-electron chi connectivity index (χ0n) is 21.0. The average Bonchev–Trinajstić information content (AvgIpc) is 3.03. The van der Waals surface area contributed by atoms with Crippen molar-refractivity contribution in [3.63, 3.8) is 0 Å². The van der Waals surface area contributed by atoms with Crippen LogP contribution >= 0.6 is 0 Å². The van der Waals surface area contributed by atoms with E-state index in [2.05, 4.69) is 0 Å². The van der Waals surface area contributed by atoms with Crippen LogP contribution in [0, 0.1) is 5.82 Å². The molecule has 1 amide bonds. The van der Waals surface area contributed by atoms with Gasteiger partial charge in [-0.25, -0.2) is 19.0 Å². The average molecular weight is 462 g/mol. The molecule has 1 fully saturated rings. The zero-order chi connectivity index (χ0) is 24.7. The number of ether oxygens (including phenoxy) is 2. The number of rotatable bonds is 2. The van der Waals surface area contributed by atoms with Gasteiger partial charge in [0.15, 0.2) is 0 Å². The maximum atomic E-state index is 15.2. The molecule has 3 heterocycles. The number of pyridine rings is 1. The fraction of sp³-hybridized carbons (Fsp3) is 0.640. The van der Waals surface area contributed by atoms with E-state index in [-0.39, 0.29) is 17.9 Å². The summed E-state index contributed by atoms with van der Waals surface area (Å²) in [5.74, 6) is -0.467. The summed E-state index contributed by atoms with van der Waals surface area (Å²) in [6, 6.07) is 1.38. The molecular weight excluding hydrogens is 425 g/mol. The van der Waals surface area contributed by atoms with Crippen molar-refractivity contribution < 1.29 is 23.5 Å². The molecule has 0 radical (unpaired) electrons. The first-order valence-electron chi connectivity index (χ1n) is 11.6. The Labute approximate surface area is 195 Å². The highest BCUT2D eigenvalue weighted by atomic mass is 19.1. The summed E-state index contributed by atoms with van der Waals surface area (Å²) in [6.45, 7) is 15.9. The van der Waals surface area contributed by atoms with Gasteiger partial charge in [-0.2, -0.15) is 0 Å². The van der Waals surface area contributed by atoms with Crippen molar-refractivity contribution in [3.8, 4) is 0 Å². The molecule has 0 unspecified atom stereocenters. The Hall–Kier alpha value is -2.64. The van der Waals surface area contributed by atoms with E-state index in [0.717, 1.165) is 5.56 Å². The Morgan fingerprint density at radius 3 is 2.09 bits per heavy atom. The van der Waals surface area contributed by atoms with Gasteiger partial charge in [-0.1, -0.05) is 13.8 Å². The molecule has 0 spiro atoms. The molecule has 0 aliphatic carbocycles. The van der Waals surface area contributed by atoms with E-state index >= 15 is 4.39 Å². The molecule has 3 rings (SSSR count). The summed E-state index contributed by atoms with van der Waals surface area (Å²) in [6.07, 6.45) is 1.99. The Balaban J connectivity index is 1.89. The Kier molecular flexibility index (Phi) is 6.78. The van der Waals surface area contributed by atoms with Gasteiger partial charge in [-0.3, -0.25) is 4.57 Å². The van der Waals surface area contributed by atoms with Crippen LogP contribution in [0.1, 0.15) is 91.3 Å². The van der Waals surface area contributed by atoms with Gasteiger partial charge in [-0.05, 0) is 65.9 Å². The van der Waals surface area contributed by atoms with Crippen LogP contribution < -0.4 is 0 Å². The maximum absolute atomic E-state index is 15.2. The summed E-state index contributed by atoms with van der Waals surface area (Å²) in [4.78, 5) is 31.5. The minimum absolute atomic E-state index is 0.0935. The highest BCUT2D eigenvalue weighted by Gasteiger charge is 2.31. The SMILES string of the molecule is CC(C)c1cn(C(=O)OC(C)(C)C)c2cc(F)c(C3CCN(C(=O)OC(C)(C)C)CC3)nc12. The third-order valence-corrected chi connectivity index (χ3v) is 5.53. The Morgan fingerprint density at radius 1 is 1.03 bits per heavy atom. The number of piperidine rings is 1. The van der Waals surface area contributed by atoms with Crippen LogP contribution in [0.3, 0.4) is 0 Å². The number of likely N-dealkylation sites (tertiary alicyclic amines) is 1. The van der Waals surface area contributed by atoms with Gasteiger partial charge in [0.2, 0.25) is 0 Å². The Morgan fingerprint density at radius 2 is 1.58 bits per heavy atom. The number of carbonyl (C=O) groups excluding carboxylic acids is 2. The smallest absolute Gasteiger partial charge is 0.419 e. The lowest BCUT2D eigenvalue weighted by molar-refractivity contribution is 0.0203. The first kappa shape index (κ1) is 25.0. The van der Waals surface area contributed by atoms with Crippen LogP contribution in [0.15, 0.2) is 12.3 Å². The van der Waals surface area contributed by atoms with E-state index in [1.165, 1.54) is 10.6 Å². The number of amides is 1. The van der Waals surface area contributed by atoms with Gasteiger partial charge < -0.3 is 14.4 Å². The molecular formula is C25H36FN3O4. The van der Waals surface area contributed by atoms with Crippen LogP contribution in [-0.4, -0.2) is 50.9 Å². The lowest BCUT2D eigenvalue weighted by Gasteiger charge is -2.33. The van der Waals surface area contributed by atoms with Crippen LogP contribution in [-0.2, 0) is 9.47 Å². The quantitative estimate of drug-likeness (QED) is 0.533. The number of nitrogens with zero attached hydrogens (tertiary/aromatic N) is 3. The minimum Gasteiger partial charge on any atom is -0.444 e. The normalized spacial score (nSPS) is 15.9. The van der Waals surface area contributed by atoms with Crippen LogP contribution in [0.5, 0.6) is 0 Å². The number of carbonyl (C=O) groups is 2. The van der Waals surface area contributed by atoms with Crippen molar-refractivity contribution in [2.75, 3.05) is 13.1 Å². The highest BCUT2D eigenvalue weighted by molar-refractivity contribution is 5.90. The predicted molar refractivity (Wildman–Crippen MR) is 125 cm³/mol. The number of hydrogen-bond donors (Lipinski definition) is 0. The summed E-state index contributed by atoms with van der Waals surface area (Å²) >= 11 is 0. The van der Waals surface area contributed by atoms with E-state index in [4.69, 9.17) is 14.5 Å². The predicted octanol–water partition coefficient (Wildman–Crippen LogP) is 6.20. The summed E-state index contributed by atoms with van der Waals surface area (Å²) in [7, 11) is 0. The molecule has 33 heavy (non-hydrogen) atoms. The number of fused-ring (bicyclic) bond motifs is 1. The van der Waals surface area contributed by atoms with Crippen molar-refractivity contribution in [3.05, 3.63) is 29.3 Å². The van der Waals surface area contributed by atoms with Gasteiger partial charge in [-0.15, -0.1) is 0 Å². The molecule has 1 saturated heterocycles. The second-order valence-corrected chi connectivity index (χ2v) is 11.1. The van der Waals surface area contributed by atoms with E-state index in [1.54, 1.807) is 31.9 Å². The molecule has 1 aliphatic rings. The maximum Gasteiger partial charge on any atom is 0.419 e. The lowest BCUT2D eigenvalue weighted by atomic mass is 9.92.